The van der Waals surface area contributed by atoms with Gasteiger partial charge in [-0.05, 0) is 41.5 Å². The van der Waals surface area contributed by atoms with Gasteiger partial charge in [-0.15, -0.1) is 0 Å². The molecule has 0 saturated carbocycles. The number of ether oxygens (including phenoxy) is 1. The largest absolute Gasteiger partial charge is 0.445 e. The molecule has 2 N–H and O–H groups in total. The molecule has 0 aliphatic rings. The van der Waals surface area contributed by atoms with Crippen LogP contribution in [0.15, 0.2) is 81.8 Å². The highest BCUT2D eigenvalue weighted by atomic mass is 79.9. The first kappa shape index (κ1) is 20.9. The smallest absolute Gasteiger partial charge is 0.407 e. The molecule has 0 fully saturated rings. The summed E-state index contributed by atoms with van der Waals surface area (Å²) >= 11 is 3.45. The Morgan fingerprint density at radius 1 is 1.00 bits per heavy atom. The molecular formula is C24H18BrN5O3. The molecule has 2 aromatic heterocycles. The number of hydrogen-bond acceptors (Lipinski definition) is 6. The topological polar surface area (TPSA) is 106 Å². The Morgan fingerprint density at radius 2 is 1.82 bits per heavy atom. The number of aromatic nitrogens is 4. The maximum Gasteiger partial charge on any atom is 0.407 e. The van der Waals surface area contributed by atoms with Crippen LogP contribution in [-0.2, 0) is 17.9 Å². The second-order valence-corrected chi connectivity index (χ2v) is 8.20. The van der Waals surface area contributed by atoms with Gasteiger partial charge in [0.25, 0.3) is 5.89 Å². The molecule has 5 rings (SSSR count). The summed E-state index contributed by atoms with van der Waals surface area (Å²) < 4.78 is 11.6. The number of imidazole rings is 1. The van der Waals surface area contributed by atoms with Gasteiger partial charge in [0.05, 0.1) is 11.0 Å². The van der Waals surface area contributed by atoms with Crippen molar-refractivity contribution in [1.29, 1.82) is 0 Å². The quantitative estimate of drug-likeness (QED) is 0.318. The number of nitrogens with zero attached hydrogens (tertiary/aromatic N) is 3. The van der Waals surface area contributed by atoms with E-state index in [1.807, 2.05) is 72.8 Å². The van der Waals surface area contributed by atoms with Crippen molar-refractivity contribution in [1.82, 2.24) is 25.4 Å². The zero-order valence-corrected chi connectivity index (χ0v) is 18.9. The summed E-state index contributed by atoms with van der Waals surface area (Å²) in [4.78, 5) is 24.1. The minimum Gasteiger partial charge on any atom is -0.445 e. The Labute approximate surface area is 197 Å². The fourth-order valence-electron chi connectivity index (χ4n) is 3.24. The van der Waals surface area contributed by atoms with Crippen molar-refractivity contribution >= 4 is 33.1 Å². The summed E-state index contributed by atoms with van der Waals surface area (Å²) in [6.45, 7) is 0.575. The maximum atomic E-state index is 11.9. The Balaban J connectivity index is 1.20. The maximum absolute atomic E-state index is 11.9. The van der Waals surface area contributed by atoms with Crippen molar-refractivity contribution in [2.75, 3.05) is 0 Å². The highest BCUT2D eigenvalue weighted by Gasteiger charge is 2.14. The minimum absolute atomic E-state index is 0.230. The number of nitrogens with one attached hydrogen (secondary N) is 2. The molecule has 33 heavy (non-hydrogen) atoms. The molecule has 3 aromatic carbocycles. The number of hydrogen-bond donors (Lipinski definition) is 2. The average molecular weight is 504 g/mol. The molecule has 8 nitrogen and oxygen atoms in total. The number of amides is 1. The molecule has 0 aliphatic heterocycles. The van der Waals surface area contributed by atoms with Gasteiger partial charge in [0.1, 0.15) is 6.61 Å². The summed E-state index contributed by atoms with van der Waals surface area (Å²) in [5, 5.41) is 6.79. The van der Waals surface area contributed by atoms with Crippen molar-refractivity contribution in [2.45, 2.75) is 13.2 Å². The lowest BCUT2D eigenvalue weighted by molar-refractivity contribution is 0.139. The van der Waals surface area contributed by atoms with Crippen LogP contribution in [0.5, 0.6) is 0 Å². The molecule has 0 spiro atoms. The molecule has 9 heteroatoms. The zero-order chi connectivity index (χ0) is 22.6. The molecule has 0 atom stereocenters. The van der Waals surface area contributed by atoms with E-state index >= 15 is 0 Å². The summed E-state index contributed by atoms with van der Waals surface area (Å²) in [6, 6.07) is 22.8. The third-order valence-corrected chi connectivity index (χ3v) is 5.43. The first-order valence-corrected chi connectivity index (χ1v) is 11.0. The fraction of sp³-hybridized carbons (Fsp3) is 0.0833. The predicted molar refractivity (Wildman–Crippen MR) is 126 cm³/mol. The van der Waals surface area contributed by atoms with Gasteiger partial charge in [-0.2, -0.15) is 4.98 Å². The van der Waals surface area contributed by atoms with Gasteiger partial charge in [0.2, 0.25) is 5.82 Å². The van der Waals surface area contributed by atoms with E-state index in [0.717, 1.165) is 32.2 Å². The van der Waals surface area contributed by atoms with Crippen molar-refractivity contribution in [3.63, 3.8) is 0 Å². The highest BCUT2D eigenvalue weighted by molar-refractivity contribution is 9.10. The lowest BCUT2D eigenvalue weighted by Crippen LogP contribution is -2.23. The van der Waals surface area contributed by atoms with E-state index in [-0.39, 0.29) is 6.61 Å². The summed E-state index contributed by atoms with van der Waals surface area (Å²) in [6.07, 6.45) is -0.470. The van der Waals surface area contributed by atoms with E-state index in [0.29, 0.717) is 24.1 Å². The van der Waals surface area contributed by atoms with Gasteiger partial charge in [0, 0.05) is 16.6 Å². The minimum atomic E-state index is -0.470. The Bertz CT molecular complexity index is 1400. The first-order chi connectivity index (χ1) is 16.1. The number of H-pyrrole nitrogens is 1. The molecule has 0 bridgehead atoms. The van der Waals surface area contributed by atoms with Crippen LogP contribution in [0.25, 0.3) is 34.1 Å². The molecule has 0 unspecified atom stereocenters. The fourth-order valence-corrected chi connectivity index (χ4v) is 3.60. The number of halogens is 1. The molecule has 0 radical (unpaired) electrons. The normalized spacial score (nSPS) is 10.9. The van der Waals surface area contributed by atoms with Gasteiger partial charge in [0.15, 0.2) is 5.82 Å². The Morgan fingerprint density at radius 3 is 2.64 bits per heavy atom. The molecule has 164 valence electrons. The lowest BCUT2D eigenvalue weighted by atomic mass is 10.1. The molecule has 0 saturated heterocycles. The van der Waals surface area contributed by atoms with Crippen molar-refractivity contribution in [3.05, 3.63) is 88.4 Å². The second-order valence-electron chi connectivity index (χ2n) is 7.28. The van der Waals surface area contributed by atoms with Crippen LogP contribution in [0, 0.1) is 0 Å². The number of rotatable bonds is 6. The van der Waals surface area contributed by atoms with Gasteiger partial charge < -0.3 is 19.6 Å². The third-order valence-electron chi connectivity index (χ3n) is 4.93. The van der Waals surface area contributed by atoms with Gasteiger partial charge >= 0.3 is 6.09 Å². The number of fused-ring (bicyclic) bond motifs is 1. The van der Waals surface area contributed by atoms with Gasteiger partial charge in [-0.1, -0.05) is 63.6 Å². The van der Waals surface area contributed by atoms with Crippen LogP contribution in [-0.4, -0.2) is 26.2 Å². The second kappa shape index (κ2) is 9.25. The average Bonchev–Trinajstić information content (AvgIpc) is 3.49. The molecule has 0 aliphatic carbocycles. The van der Waals surface area contributed by atoms with Crippen molar-refractivity contribution in [2.24, 2.45) is 0 Å². The number of carbonyl (C=O) groups excluding carboxylic acids is 1. The van der Waals surface area contributed by atoms with E-state index in [4.69, 9.17) is 9.26 Å². The molecule has 1 amide bonds. The first-order valence-electron chi connectivity index (χ1n) is 10.2. The predicted octanol–water partition coefficient (Wildman–Crippen LogP) is 5.47. The van der Waals surface area contributed by atoms with Crippen LogP contribution in [0.4, 0.5) is 4.79 Å². The summed E-state index contributed by atoms with van der Waals surface area (Å²) in [5.74, 6) is 1.30. The van der Waals surface area contributed by atoms with Gasteiger partial charge in [-0.3, -0.25) is 0 Å². The summed E-state index contributed by atoms with van der Waals surface area (Å²) in [7, 11) is 0. The van der Waals surface area contributed by atoms with E-state index < -0.39 is 6.09 Å². The third kappa shape index (κ3) is 4.93. The number of benzene rings is 3. The van der Waals surface area contributed by atoms with Crippen LogP contribution < -0.4 is 5.32 Å². The van der Waals surface area contributed by atoms with Gasteiger partial charge in [-0.25, -0.2) is 9.78 Å². The lowest BCUT2D eigenvalue weighted by Gasteiger charge is -2.07. The zero-order valence-electron chi connectivity index (χ0n) is 17.3. The van der Waals surface area contributed by atoms with E-state index in [9.17, 15) is 4.79 Å². The van der Waals surface area contributed by atoms with E-state index in [2.05, 4.69) is 41.4 Å². The van der Waals surface area contributed by atoms with Crippen LogP contribution >= 0.6 is 15.9 Å². The Hall–Kier alpha value is -3.98. The van der Waals surface area contributed by atoms with E-state index in [1.165, 1.54) is 0 Å². The molecule has 5 aromatic rings. The van der Waals surface area contributed by atoms with Crippen molar-refractivity contribution in [3.8, 4) is 23.1 Å². The van der Waals surface area contributed by atoms with Crippen LogP contribution in [0.2, 0.25) is 0 Å². The van der Waals surface area contributed by atoms with Crippen LogP contribution in [0.3, 0.4) is 0 Å². The standard InChI is InChI=1S/C24H18BrN5O3/c25-18-10-11-19-20(12-18)28-21(27-19)22-29-23(33-30-22)17-8-6-15(7-9-17)13-26-24(31)32-14-16-4-2-1-3-5-16/h1-12H,13-14H2,(H,26,31)(H,27,28). The van der Waals surface area contributed by atoms with Crippen LogP contribution in [0.1, 0.15) is 11.1 Å². The SMILES string of the molecule is O=C(NCc1ccc(-c2nc(-c3nc4ccc(Br)cc4[nH]3)no2)cc1)OCc1ccccc1. The Kier molecular flexibility index (Phi) is 5.86. The summed E-state index contributed by atoms with van der Waals surface area (Å²) in [5.41, 5.74) is 4.32. The van der Waals surface area contributed by atoms with E-state index in [1.54, 1.807) is 0 Å². The number of alkyl carbamates (subject to hydrolysis) is 1. The molecule has 2 heterocycles. The van der Waals surface area contributed by atoms with Crippen molar-refractivity contribution < 1.29 is 14.1 Å². The number of carbonyl (C=O) groups is 1. The molecular weight excluding hydrogens is 486 g/mol. The highest BCUT2D eigenvalue weighted by Crippen LogP contribution is 2.24. The monoisotopic (exact) mass is 503 g/mol. The number of aromatic amines is 1.